The number of H-pyrrole nitrogens is 2. The number of benzene rings is 1. The van der Waals surface area contributed by atoms with E-state index in [2.05, 4.69) is 15.3 Å². The largest absolute Gasteiger partial charge is 0.497 e. The highest BCUT2D eigenvalue weighted by molar-refractivity contribution is 5.70. The average Bonchev–Trinajstić information content (AvgIpc) is 2.69. The quantitative estimate of drug-likeness (QED) is 0.436. The zero-order valence-corrected chi connectivity index (χ0v) is 15.3. The molecule has 1 aliphatic heterocycles. The van der Waals surface area contributed by atoms with Crippen molar-refractivity contribution in [1.29, 1.82) is 0 Å². The van der Waals surface area contributed by atoms with E-state index < -0.39 is 28.4 Å². The molecule has 3 heterocycles. The van der Waals surface area contributed by atoms with Crippen molar-refractivity contribution in [2.45, 2.75) is 5.92 Å². The summed E-state index contributed by atoms with van der Waals surface area (Å²) in [6.45, 7) is 0. The Kier molecular flexibility index (Phi) is 3.84. The molecule has 0 amide bonds. The number of fused-ring (bicyclic) bond motifs is 2. The first kappa shape index (κ1) is 17.6. The van der Waals surface area contributed by atoms with Crippen molar-refractivity contribution >= 4 is 11.6 Å². The lowest BCUT2D eigenvalue weighted by Gasteiger charge is -2.29. The van der Waals surface area contributed by atoms with Crippen LogP contribution in [0.15, 0.2) is 43.4 Å². The van der Waals surface area contributed by atoms with Gasteiger partial charge in [0, 0.05) is 14.1 Å². The molecule has 0 spiro atoms. The summed E-state index contributed by atoms with van der Waals surface area (Å²) < 4.78 is 7.44. The molecule has 1 aromatic carbocycles. The number of rotatable bonds is 2. The van der Waals surface area contributed by atoms with Gasteiger partial charge in [-0.3, -0.25) is 28.7 Å². The molecule has 4 rings (SSSR count). The Morgan fingerprint density at radius 1 is 0.929 bits per heavy atom. The summed E-state index contributed by atoms with van der Waals surface area (Å²) in [5.41, 5.74) is -1.30. The first-order chi connectivity index (χ1) is 13.3. The van der Waals surface area contributed by atoms with Gasteiger partial charge in [-0.15, -0.1) is 0 Å². The lowest BCUT2D eigenvalue weighted by molar-refractivity contribution is 0.414. The van der Waals surface area contributed by atoms with E-state index in [1.165, 1.54) is 25.8 Å². The van der Waals surface area contributed by atoms with Crippen LogP contribution in [-0.4, -0.2) is 26.2 Å². The summed E-state index contributed by atoms with van der Waals surface area (Å²) in [5, 5.41) is 2.87. The fraction of sp³-hybridized carbons (Fsp3) is 0.222. The van der Waals surface area contributed by atoms with Crippen molar-refractivity contribution in [2.75, 3.05) is 12.4 Å². The third kappa shape index (κ3) is 2.42. The van der Waals surface area contributed by atoms with Crippen LogP contribution < -0.4 is 32.6 Å². The summed E-state index contributed by atoms with van der Waals surface area (Å²) in [6, 6.07) is 6.89. The summed E-state index contributed by atoms with van der Waals surface area (Å²) in [7, 11) is 4.42. The molecule has 3 N–H and O–H groups in total. The molecule has 2 aromatic heterocycles. The second kappa shape index (κ2) is 6.12. The van der Waals surface area contributed by atoms with Crippen molar-refractivity contribution in [1.82, 2.24) is 19.1 Å². The number of anilines is 2. The van der Waals surface area contributed by atoms with E-state index in [1.807, 2.05) is 0 Å². The molecule has 28 heavy (non-hydrogen) atoms. The number of aromatic amines is 2. The normalized spacial score (nSPS) is 14.8. The Bertz CT molecular complexity index is 1330. The van der Waals surface area contributed by atoms with Gasteiger partial charge in [0.15, 0.2) is 0 Å². The van der Waals surface area contributed by atoms with Crippen molar-refractivity contribution in [3.8, 4) is 5.75 Å². The van der Waals surface area contributed by atoms with E-state index in [-0.39, 0.29) is 22.8 Å². The maximum absolute atomic E-state index is 13.0. The van der Waals surface area contributed by atoms with Crippen LogP contribution >= 0.6 is 0 Å². The number of ether oxygens (including phenoxy) is 1. The number of aromatic nitrogens is 4. The van der Waals surface area contributed by atoms with E-state index in [9.17, 15) is 19.2 Å². The van der Waals surface area contributed by atoms with Gasteiger partial charge in [-0.05, 0) is 17.7 Å². The molecular weight excluding hydrogens is 366 g/mol. The van der Waals surface area contributed by atoms with Crippen LogP contribution in [-0.2, 0) is 14.1 Å². The smallest absolute Gasteiger partial charge is 0.332 e. The molecule has 1 aliphatic rings. The summed E-state index contributed by atoms with van der Waals surface area (Å²) in [5.74, 6) is 0.193. The minimum atomic E-state index is -0.789. The fourth-order valence-electron chi connectivity index (χ4n) is 3.54. The molecule has 3 aromatic rings. The minimum Gasteiger partial charge on any atom is -0.497 e. The molecule has 0 bridgehead atoms. The van der Waals surface area contributed by atoms with Gasteiger partial charge in [-0.2, -0.15) is 0 Å². The van der Waals surface area contributed by atoms with Crippen LogP contribution in [0.5, 0.6) is 5.75 Å². The third-order valence-electron chi connectivity index (χ3n) is 4.95. The maximum Gasteiger partial charge on any atom is 0.332 e. The van der Waals surface area contributed by atoms with E-state index in [0.29, 0.717) is 11.3 Å². The van der Waals surface area contributed by atoms with Gasteiger partial charge in [0.1, 0.15) is 17.4 Å². The third-order valence-corrected chi connectivity index (χ3v) is 4.95. The highest BCUT2D eigenvalue weighted by Gasteiger charge is 2.35. The predicted molar refractivity (Wildman–Crippen MR) is 102 cm³/mol. The molecule has 0 aliphatic carbocycles. The second-order valence-electron chi connectivity index (χ2n) is 6.50. The van der Waals surface area contributed by atoms with Gasteiger partial charge >= 0.3 is 11.4 Å². The van der Waals surface area contributed by atoms with Crippen LogP contribution in [0.1, 0.15) is 22.6 Å². The van der Waals surface area contributed by atoms with E-state index in [0.717, 1.165) is 4.57 Å². The predicted octanol–water partition coefficient (Wildman–Crippen LogP) is -0.294. The minimum absolute atomic E-state index is 0.144. The van der Waals surface area contributed by atoms with Crippen LogP contribution in [0.3, 0.4) is 0 Å². The number of hydrogen-bond acceptors (Lipinski definition) is 6. The number of nitrogens with zero attached hydrogens (tertiary/aromatic N) is 2. The molecule has 0 radical (unpaired) electrons. The maximum atomic E-state index is 13.0. The topological polar surface area (TPSA) is 131 Å². The monoisotopic (exact) mass is 383 g/mol. The summed E-state index contributed by atoms with van der Waals surface area (Å²) in [6.07, 6.45) is 0. The van der Waals surface area contributed by atoms with Crippen LogP contribution in [0.4, 0.5) is 11.6 Å². The zero-order valence-electron chi connectivity index (χ0n) is 15.3. The van der Waals surface area contributed by atoms with Gasteiger partial charge in [0.05, 0.1) is 24.2 Å². The summed E-state index contributed by atoms with van der Waals surface area (Å²) >= 11 is 0. The lowest BCUT2D eigenvalue weighted by atomic mass is 9.84. The lowest BCUT2D eigenvalue weighted by Crippen LogP contribution is -2.44. The molecule has 0 saturated carbocycles. The van der Waals surface area contributed by atoms with Crippen LogP contribution in [0, 0.1) is 0 Å². The zero-order chi connectivity index (χ0) is 20.2. The van der Waals surface area contributed by atoms with Gasteiger partial charge in [-0.1, -0.05) is 12.1 Å². The van der Waals surface area contributed by atoms with Crippen molar-refractivity contribution < 1.29 is 4.74 Å². The Morgan fingerprint density at radius 2 is 1.61 bits per heavy atom. The fourth-order valence-corrected chi connectivity index (χ4v) is 3.54. The summed E-state index contributed by atoms with van der Waals surface area (Å²) in [4.78, 5) is 54.5. The second-order valence-corrected chi connectivity index (χ2v) is 6.50. The van der Waals surface area contributed by atoms with Gasteiger partial charge < -0.3 is 10.1 Å². The SMILES string of the molecule is COc1ccc(C2c3c([nH]c(=O)[nH]c3=O)Nc3c2c(=O)n(C)c(=O)n3C)cc1. The highest BCUT2D eigenvalue weighted by Crippen LogP contribution is 2.39. The number of methoxy groups -OCH3 is 1. The van der Waals surface area contributed by atoms with Crippen molar-refractivity contribution in [3.63, 3.8) is 0 Å². The first-order valence-corrected chi connectivity index (χ1v) is 8.41. The molecule has 0 fully saturated rings. The molecule has 144 valence electrons. The Hall–Kier alpha value is -3.82. The van der Waals surface area contributed by atoms with Gasteiger partial charge in [-0.25, -0.2) is 9.59 Å². The van der Waals surface area contributed by atoms with Crippen molar-refractivity contribution in [3.05, 3.63) is 82.6 Å². The Morgan fingerprint density at radius 3 is 2.25 bits per heavy atom. The molecule has 0 saturated heterocycles. The molecule has 10 nitrogen and oxygen atoms in total. The number of hydrogen-bond donors (Lipinski definition) is 3. The van der Waals surface area contributed by atoms with E-state index in [4.69, 9.17) is 4.74 Å². The highest BCUT2D eigenvalue weighted by atomic mass is 16.5. The van der Waals surface area contributed by atoms with E-state index >= 15 is 0 Å². The molecule has 10 heteroatoms. The average molecular weight is 383 g/mol. The Balaban J connectivity index is 2.13. The molecule has 1 unspecified atom stereocenters. The molecule has 1 atom stereocenters. The molecular formula is C18H17N5O5. The van der Waals surface area contributed by atoms with Crippen LogP contribution in [0.2, 0.25) is 0 Å². The van der Waals surface area contributed by atoms with Gasteiger partial charge in [0.2, 0.25) is 0 Å². The van der Waals surface area contributed by atoms with Gasteiger partial charge in [0.25, 0.3) is 11.1 Å². The Labute approximate surface area is 157 Å². The number of nitrogens with one attached hydrogen (secondary N) is 3. The first-order valence-electron chi connectivity index (χ1n) is 8.41. The van der Waals surface area contributed by atoms with E-state index in [1.54, 1.807) is 24.3 Å². The standard InChI is InChI=1S/C18H17N5O5/c1-22-14-12(16(25)23(2)18(22)27)10(8-4-6-9(28-3)7-5-8)11-13(19-14)20-17(26)21-15(11)24/h4-7,10H,1-3H3,(H3,19,20,21,24,26). The van der Waals surface area contributed by atoms with Crippen LogP contribution in [0.25, 0.3) is 0 Å². The van der Waals surface area contributed by atoms with Crippen molar-refractivity contribution in [2.24, 2.45) is 14.1 Å².